The van der Waals surface area contributed by atoms with Crippen molar-refractivity contribution in [3.8, 4) is 5.75 Å². The fourth-order valence-corrected chi connectivity index (χ4v) is 3.62. The molecule has 6 nitrogen and oxygen atoms in total. The number of hydrogen-bond acceptors (Lipinski definition) is 5. The lowest BCUT2D eigenvalue weighted by Crippen LogP contribution is -2.51. The average Bonchev–Trinajstić information content (AvgIpc) is 2.55. The number of ether oxygens (including phenoxy) is 2. The number of piperazine rings is 1. The Kier molecular flexibility index (Phi) is 10.1. The maximum Gasteiger partial charge on any atom is 0.409 e. The lowest BCUT2D eigenvalue weighted by Gasteiger charge is -2.34. The maximum absolute atomic E-state index is 11.7. The third kappa shape index (κ3) is 7.30. The molecule has 0 saturated carbocycles. The summed E-state index contributed by atoms with van der Waals surface area (Å²) in [6.45, 7) is 5.60. The van der Waals surface area contributed by atoms with Gasteiger partial charge in [0.25, 0.3) is 0 Å². The molecule has 142 valence electrons. The summed E-state index contributed by atoms with van der Waals surface area (Å²) in [6.07, 6.45) is -0.851. The van der Waals surface area contributed by atoms with E-state index in [-0.39, 0.29) is 25.1 Å². The van der Waals surface area contributed by atoms with E-state index in [1.165, 1.54) is 0 Å². The van der Waals surface area contributed by atoms with Gasteiger partial charge in [-0.1, -0.05) is 15.9 Å². The number of aliphatic hydroxyl groups excluding tert-OH is 1. The number of amides is 1. The first-order valence-electron chi connectivity index (χ1n) is 7.89. The first kappa shape index (κ1) is 22.5. The summed E-state index contributed by atoms with van der Waals surface area (Å²) >= 11 is 6.82. The van der Waals surface area contributed by atoms with Crippen LogP contribution in [-0.4, -0.2) is 73.0 Å². The standard InChI is InChI=1S/C16H22Br2N2O4.ClH/c1-2-23-16(22)20-7-5-19(6-8-20)10-13(21)11-24-15-4-3-12(17)9-14(15)18;/h3-4,9,13,21H,2,5-8,10-11H2,1H3;1H. The number of halogens is 3. The van der Waals surface area contributed by atoms with Crippen LogP contribution in [0.3, 0.4) is 0 Å². The zero-order chi connectivity index (χ0) is 17.5. The number of benzene rings is 1. The molecule has 1 aliphatic rings. The number of nitrogens with zero attached hydrogens (tertiary/aromatic N) is 2. The Labute approximate surface area is 171 Å². The van der Waals surface area contributed by atoms with Gasteiger partial charge in [0.15, 0.2) is 0 Å². The van der Waals surface area contributed by atoms with Crippen LogP contribution in [0.2, 0.25) is 0 Å². The molecule has 0 aliphatic carbocycles. The zero-order valence-electron chi connectivity index (χ0n) is 14.0. The van der Waals surface area contributed by atoms with Crippen LogP contribution in [0.15, 0.2) is 27.1 Å². The topological polar surface area (TPSA) is 62.2 Å². The first-order valence-corrected chi connectivity index (χ1v) is 9.48. The van der Waals surface area contributed by atoms with Gasteiger partial charge in [0, 0.05) is 37.2 Å². The van der Waals surface area contributed by atoms with Crippen LogP contribution >= 0.6 is 44.3 Å². The number of aliphatic hydroxyl groups is 1. The molecule has 0 radical (unpaired) electrons. The largest absolute Gasteiger partial charge is 0.490 e. The highest BCUT2D eigenvalue weighted by molar-refractivity contribution is 9.11. The molecule has 0 bridgehead atoms. The highest BCUT2D eigenvalue weighted by atomic mass is 79.9. The molecule has 1 aromatic rings. The quantitative estimate of drug-likeness (QED) is 0.648. The minimum Gasteiger partial charge on any atom is -0.490 e. The van der Waals surface area contributed by atoms with Crippen LogP contribution in [0.25, 0.3) is 0 Å². The Bertz CT molecular complexity index is 557. The molecule has 1 fully saturated rings. The van der Waals surface area contributed by atoms with Crippen molar-refractivity contribution in [3.05, 3.63) is 27.1 Å². The van der Waals surface area contributed by atoms with E-state index < -0.39 is 6.10 Å². The Morgan fingerprint density at radius 1 is 1.28 bits per heavy atom. The molecule has 1 atom stereocenters. The van der Waals surface area contributed by atoms with E-state index in [9.17, 15) is 9.90 Å². The SMILES string of the molecule is CCOC(=O)N1CCN(CC(O)COc2ccc(Br)cc2Br)CC1.Cl. The molecule has 1 N–H and O–H groups in total. The molecule has 2 rings (SSSR count). The van der Waals surface area contributed by atoms with E-state index in [1.807, 2.05) is 18.2 Å². The predicted molar refractivity (Wildman–Crippen MR) is 106 cm³/mol. The third-order valence-electron chi connectivity index (χ3n) is 3.69. The average molecular weight is 503 g/mol. The summed E-state index contributed by atoms with van der Waals surface area (Å²) in [4.78, 5) is 15.5. The second-order valence-electron chi connectivity index (χ2n) is 5.53. The highest BCUT2D eigenvalue weighted by Gasteiger charge is 2.23. The number of β-amino-alcohol motifs (C(OH)–C–C–N with tert-alkyl or cyclic N) is 1. The van der Waals surface area contributed by atoms with Crippen LogP contribution < -0.4 is 4.74 Å². The van der Waals surface area contributed by atoms with Gasteiger partial charge in [-0.2, -0.15) is 0 Å². The van der Waals surface area contributed by atoms with Gasteiger partial charge in [0.1, 0.15) is 18.5 Å². The van der Waals surface area contributed by atoms with Gasteiger partial charge in [0.05, 0.1) is 11.1 Å². The zero-order valence-corrected chi connectivity index (χ0v) is 18.0. The summed E-state index contributed by atoms with van der Waals surface area (Å²) in [5, 5.41) is 10.2. The molecular formula is C16H23Br2ClN2O4. The lowest BCUT2D eigenvalue weighted by atomic mass is 10.2. The van der Waals surface area contributed by atoms with E-state index in [4.69, 9.17) is 9.47 Å². The van der Waals surface area contributed by atoms with Crippen LogP contribution in [0, 0.1) is 0 Å². The summed E-state index contributed by atoms with van der Waals surface area (Å²) in [5.74, 6) is 0.699. The first-order chi connectivity index (χ1) is 11.5. The maximum atomic E-state index is 11.7. The second-order valence-corrected chi connectivity index (χ2v) is 7.30. The lowest BCUT2D eigenvalue weighted by molar-refractivity contribution is 0.0406. The minimum atomic E-state index is -0.588. The van der Waals surface area contributed by atoms with Crippen LogP contribution in [0.1, 0.15) is 6.92 Å². The Morgan fingerprint density at radius 2 is 1.96 bits per heavy atom. The van der Waals surface area contributed by atoms with Crippen molar-refractivity contribution in [3.63, 3.8) is 0 Å². The normalized spacial score (nSPS) is 16.1. The Morgan fingerprint density at radius 3 is 2.56 bits per heavy atom. The fraction of sp³-hybridized carbons (Fsp3) is 0.562. The smallest absolute Gasteiger partial charge is 0.409 e. The number of carbonyl (C=O) groups is 1. The molecule has 1 aromatic carbocycles. The Hall–Kier alpha value is -0.540. The molecule has 1 unspecified atom stereocenters. The van der Waals surface area contributed by atoms with Crippen molar-refractivity contribution in [1.29, 1.82) is 0 Å². The van der Waals surface area contributed by atoms with E-state index in [0.29, 0.717) is 32.0 Å². The van der Waals surface area contributed by atoms with Crippen LogP contribution in [0.4, 0.5) is 4.79 Å². The molecular weight excluding hydrogens is 479 g/mol. The molecule has 25 heavy (non-hydrogen) atoms. The van der Waals surface area contributed by atoms with Crippen LogP contribution in [0.5, 0.6) is 5.75 Å². The van der Waals surface area contributed by atoms with E-state index in [2.05, 4.69) is 36.8 Å². The predicted octanol–water partition coefficient (Wildman–Crippen LogP) is 3.15. The third-order valence-corrected chi connectivity index (χ3v) is 4.81. The summed E-state index contributed by atoms with van der Waals surface area (Å²) in [6, 6.07) is 5.64. The highest BCUT2D eigenvalue weighted by Crippen LogP contribution is 2.28. The van der Waals surface area contributed by atoms with Gasteiger partial charge in [-0.15, -0.1) is 12.4 Å². The van der Waals surface area contributed by atoms with Gasteiger partial charge in [0.2, 0.25) is 0 Å². The summed E-state index contributed by atoms with van der Waals surface area (Å²) < 4.78 is 12.5. The molecule has 0 aromatic heterocycles. The van der Waals surface area contributed by atoms with E-state index in [1.54, 1.807) is 11.8 Å². The monoisotopic (exact) mass is 500 g/mol. The molecule has 1 heterocycles. The van der Waals surface area contributed by atoms with Gasteiger partial charge in [-0.05, 0) is 41.1 Å². The molecule has 9 heteroatoms. The second kappa shape index (κ2) is 11.2. The van der Waals surface area contributed by atoms with Crippen molar-refractivity contribution < 1.29 is 19.4 Å². The van der Waals surface area contributed by atoms with Gasteiger partial charge in [-0.3, -0.25) is 4.90 Å². The summed E-state index contributed by atoms with van der Waals surface area (Å²) in [5.41, 5.74) is 0. The van der Waals surface area contributed by atoms with Crippen molar-refractivity contribution in [1.82, 2.24) is 9.80 Å². The van der Waals surface area contributed by atoms with Crippen molar-refractivity contribution in [2.45, 2.75) is 13.0 Å². The number of carbonyl (C=O) groups excluding carboxylic acids is 1. The fourth-order valence-electron chi connectivity index (χ4n) is 2.46. The van der Waals surface area contributed by atoms with Crippen molar-refractivity contribution in [2.24, 2.45) is 0 Å². The molecule has 1 saturated heterocycles. The van der Waals surface area contributed by atoms with Gasteiger partial charge < -0.3 is 19.5 Å². The minimum absolute atomic E-state index is 0. The van der Waals surface area contributed by atoms with Crippen molar-refractivity contribution in [2.75, 3.05) is 45.9 Å². The Balaban J connectivity index is 0.00000312. The van der Waals surface area contributed by atoms with Gasteiger partial charge in [-0.25, -0.2) is 4.79 Å². The van der Waals surface area contributed by atoms with Crippen molar-refractivity contribution >= 4 is 50.4 Å². The molecule has 1 aliphatic heterocycles. The summed E-state index contributed by atoms with van der Waals surface area (Å²) in [7, 11) is 0. The van der Waals surface area contributed by atoms with E-state index in [0.717, 1.165) is 22.0 Å². The van der Waals surface area contributed by atoms with Gasteiger partial charge >= 0.3 is 6.09 Å². The number of hydrogen-bond donors (Lipinski definition) is 1. The molecule has 1 amide bonds. The van der Waals surface area contributed by atoms with E-state index >= 15 is 0 Å². The number of rotatable bonds is 6. The van der Waals surface area contributed by atoms with Crippen LogP contribution in [-0.2, 0) is 4.74 Å². The molecule has 0 spiro atoms.